The van der Waals surface area contributed by atoms with E-state index in [1.54, 1.807) is 13.8 Å². The van der Waals surface area contributed by atoms with Crippen molar-refractivity contribution in [1.29, 1.82) is 0 Å². The van der Waals surface area contributed by atoms with E-state index in [0.29, 0.717) is 24.5 Å². The molecule has 0 radical (unpaired) electrons. The summed E-state index contributed by atoms with van der Waals surface area (Å²) in [7, 11) is 0. The Bertz CT molecular complexity index is 776. The molecule has 5 nitrogen and oxygen atoms in total. The number of nitrogens with zero attached hydrogens (tertiary/aromatic N) is 2. The third kappa shape index (κ3) is 4.86. The summed E-state index contributed by atoms with van der Waals surface area (Å²) in [6, 6.07) is 7.62. The summed E-state index contributed by atoms with van der Waals surface area (Å²) >= 11 is 6.31. The maximum absolute atomic E-state index is 11.2. The van der Waals surface area contributed by atoms with Gasteiger partial charge in [0.15, 0.2) is 0 Å². The highest BCUT2D eigenvalue weighted by Gasteiger charge is 2.27. The van der Waals surface area contributed by atoms with Gasteiger partial charge in [0, 0.05) is 23.7 Å². The Morgan fingerprint density at radius 2 is 1.88 bits per heavy atom. The van der Waals surface area contributed by atoms with Gasteiger partial charge in [0.2, 0.25) is 0 Å². The SMILES string of the molecule is CC(C)(CCNCc1cn(-c2ccccc2Cl)nc1C(C)(C)C)C(=O)O. The number of aromatic nitrogens is 2. The number of para-hydroxylation sites is 1. The van der Waals surface area contributed by atoms with Crippen LogP contribution in [-0.2, 0) is 16.8 Å². The van der Waals surface area contributed by atoms with E-state index in [1.807, 2.05) is 35.1 Å². The minimum Gasteiger partial charge on any atom is -0.481 e. The van der Waals surface area contributed by atoms with Crippen LogP contribution in [-0.4, -0.2) is 27.4 Å². The van der Waals surface area contributed by atoms with Crippen LogP contribution in [0.5, 0.6) is 0 Å². The average molecular weight is 378 g/mol. The van der Waals surface area contributed by atoms with Crippen molar-refractivity contribution in [2.45, 2.75) is 53.0 Å². The van der Waals surface area contributed by atoms with E-state index in [-0.39, 0.29) is 5.41 Å². The first-order valence-electron chi connectivity index (χ1n) is 8.80. The molecular weight excluding hydrogens is 350 g/mol. The van der Waals surface area contributed by atoms with Gasteiger partial charge in [-0.05, 0) is 38.9 Å². The molecule has 142 valence electrons. The number of hydrogen-bond donors (Lipinski definition) is 2. The van der Waals surface area contributed by atoms with E-state index in [1.165, 1.54) is 0 Å². The molecule has 1 heterocycles. The Morgan fingerprint density at radius 1 is 1.23 bits per heavy atom. The van der Waals surface area contributed by atoms with E-state index in [2.05, 4.69) is 26.1 Å². The average Bonchev–Trinajstić information content (AvgIpc) is 2.96. The lowest BCUT2D eigenvalue weighted by Gasteiger charge is -2.20. The van der Waals surface area contributed by atoms with E-state index in [0.717, 1.165) is 16.9 Å². The second-order valence-corrected chi connectivity index (χ2v) is 8.67. The zero-order valence-electron chi connectivity index (χ0n) is 16.1. The molecule has 0 fully saturated rings. The Hall–Kier alpha value is -1.85. The molecule has 0 spiro atoms. The fraction of sp³-hybridized carbons (Fsp3) is 0.500. The second kappa shape index (κ2) is 7.80. The summed E-state index contributed by atoms with van der Waals surface area (Å²) in [5, 5.41) is 18.0. The third-order valence-corrected chi connectivity index (χ3v) is 4.74. The van der Waals surface area contributed by atoms with Crippen LogP contribution < -0.4 is 5.32 Å². The van der Waals surface area contributed by atoms with Crippen LogP contribution in [0.1, 0.15) is 52.3 Å². The highest BCUT2D eigenvalue weighted by atomic mass is 35.5. The normalized spacial score (nSPS) is 12.4. The fourth-order valence-electron chi connectivity index (χ4n) is 2.66. The smallest absolute Gasteiger partial charge is 0.309 e. The summed E-state index contributed by atoms with van der Waals surface area (Å²) in [6.45, 7) is 11.1. The second-order valence-electron chi connectivity index (χ2n) is 8.26. The van der Waals surface area contributed by atoms with Crippen LogP contribution in [0, 0.1) is 5.41 Å². The lowest BCUT2D eigenvalue weighted by atomic mass is 9.89. The molecule has 0 unspecified atom stereocenters. The number of carbonyl (C=O) groups is 1. The number of hydrogen-bond acceptors (Lipinski definition) is 3. The zero-order valence-corrected chi connectivity index (χ0v) is 16.9. The minimum atomic E-state index is -0.777. The van der Waals surface area contributed by atoms with Gasteiger partial charge in [-0.1, -0.05) is 44.5 Å². The standard InChI is InChI=1S/C20H28ClN3O2/c1-19(2,3)17-14(12-22-11-10-20(4,5)18(25)26)13-24(23-17)16-9-7-6-8-15(16)21/h6-9,13,22H,10-12H2,1-5H3,(H,25,26). The molecule has 0 saturated heterocycles. The predicted molar refractivity (Wildman–Crippen MR) is 105 cm³/mol. The molecule has 1 aromatic carbocycles. The van der Waals surface area contributed by atoms with Crippen LogP contribution in [0.4, 0.5) is 0 Å². The summed E-state index contributed by atoms with van der Waals surface area (Å²) < 4.78 is 1.82. The fourth-order valence-corrected chi connectivity index (χ4v) is 2.88. The molecule has 2 N–H and O–H groups in total. The molecule has 26 heavy (non-hydrogen) atoms. The molecule has 1 aromatic heterocycles. The van der Waals surface area contributed by atoms with E-state index >= 15 is 0 Å². The number of nitrogens with one attached hydrogen (secondary N) is 1. The predicted octanol–water partition coefficient (Wildman–Crippen LogP) is 4.41. The first-order valence-corrected chi connectivity index (χ1v) is 9.18. The lowest BCUT2D eigenvalue weighted by Crippen LogP contribution is -2.29. The van der Waals surface area contributed by atoms with Crippen molar-refractivity contribution in [3.63, 3.8) is 0 Å². The molecule has 2 rings (SSSR count). The highest BCUT2D eigenvalue weighted by molar-refractivity contribution is 6.32. The van der Waals surface area contributed by atoms with Crippen LogP contribution in [0.3, 0.4) is 0 Å². The molecule has 2 aromatic rings. The van der Waals surface area contributed by atoms with Crippen LogP contribution in [0.15, 0.2) is 30.5 Å². The molecule has 0 saturated carbocycles. The van der Waals surface area contributed by atoms with Gasteiger partial charge in [0.1, 0.15) is 0 Å². The maximum atomic E-state index is 11.2. The number of rotatable bonds is 7. The molecular formula is C20H28ClN3O2. The van der Waals surface area contributed by atoms with Crippen molar-refractivity contribution in [3.05, 3.63) is 46.7 Å². The molecule has 0 aliphatic heterocycles. The third-order valence-electron chi connectivity index (χ3n) is 4.42. The Balaban J connectivity index is 2.17. The molecule has 0 atom stereocenters. The highest BCUT2D eigenvalue weighted by Crippen LogP contribution is 2.27. The van der Waals surface area contributed by atoms with Gasteiger partial charge in [0.05, 0.1) is 21.8 Å². The number of aliphatic carboxylic acids is 1. The van der Waals surface area contributed by atoms with Gasteiger partial charge in [-0.3, -0.25) is 4.79 Å². The van der Waals surface area contributed by atoms with E-state index in [9.17, 15) is 9.90 Å². The Morgan fingerprint density at radius 3 is 2.46 bits per heavy atom. The van der Waals surface area contributed by atoms with Gasteiger partial charge in [0.25, 0.3) is 0 Å². The van der Waals surface area contributed by atoms with Gasteiger partial charge >= 0.3 is 5.97 Å². The topological polar surface area (TPSA) is 67.2 Å². The van der Waals surface area contributed by atoms with E-state index in [4.69, 9.17) is 16.7 Å². The maximum Gasteiger partial charge on any atom is 0.309 e. The van der Waals surface area contributed by atoms with Crippen molar-refractivity contribution in [2.75, 3.05) is 6.54 Å². The molecule has 0 bridgehead atoms. The molecule has 0 amide bonds. The number of carboxylic acids is 1. The summed E-state index contributed by atoms with van der Waals surface area (Å²) in [4.78, 5) is 11.2. The summed E-state index contributed by atoms with van der Waals surface area (Å²) in [6.07, 6.45) is 2.56. The largest absolute Gasteiger partial charge is 0.481 e. The Labute approximate surface area is 160 Å². The van der Waals surface area contributed by atoms with Crippen molar-refractivity contribution in [1.82, 2.24) is 15.1 Å². The summed E-state index contributed by atoms with van der Waals surface area (Å²) in [5.74, 6) is -0.777. The van der Waals surface area contributed by atoms with Gasteiger partial charge in [-0.25, -0.2) is 4.68 Å². The van der Waals surface area contributed by atoms with Crippen LogP contribution in [0.2, 0.25) is 5.02 Å². The van der Waals surface area contributed by atoms with Crippen LogP contribution in [0.25, 0.3) is 5.69 Å². The van der Waals surface area contributed by atoms with Gasteiger partial charge < -0.3 is 10.4 Å². The van der Waals surface area contributed by atoms with Crippen molar-refractivity contribution >= 4 is 17.6 Å². The van der Waals surface area contributed by atoms with Crippen molar-refractivity contribution in [2.24, 2.45) is 5.41 Å². The van der Waals surface area contributed by atoms with Crippen molar-refractivity contribution < 1.29 is 9.90 Å². The monoisotopic (exact) mass is 377 g/mol. The lowest BCUT2D eigenvalue weighted by molar-refractivity contribution is -0.147. The Kier molecular flexibility index (Phi) is 6.14. The first kappa shape index (κ1) is 20.5. The first-order chi connectivity index (χ1) is 12.0. The minimum absolute atomic E-state index is 0.107. The van der Waals surface area contributed by atoms with Crippen molar-refractivity contribution in [3.8, 4) is 5.69 Å². The van der Waals surface area contributed by atoms with Gasteiger partial charge in [-0.2, -0.15) is 5.10 Å². The number of benzene rings is 1. The van der Waals surface area contributed by atoms with Gasteiger partial charge in [-0.15, -0.1) is 0 Å². The zero-order chi connectivity index (χ0) is 19.5. The van der Waals surface area contributed by atoms with E-state index < -0.39 is 11.4 Å². The molecule has 0 aliphatic rings. The summed E-state index contributed by atoms with van der Waals surface area (Å²) in [5.41, 5.74) is 2.09. The molecule has 6 heteroatoms. The molecule has 0 aliphatic carbocycles. The van der Waals surface area contributed by atoms with Crippen LogP contribution >= 0.6 is 11.6 Å². The number of carboxylic acid groups (broad SMARTS) is 1. The quantitative estimate of drug-likeness (QED) is 0.701. The number of halogens is 1.